The maximum absolute atomic E-state index is 5.99. The molecule has 0 heterocycles. The summed E-state index contributed by atoms with van der Waals surface area (Å²) in [4.78, 5) is 0. The Hall–Kier alpha value is -1.12. The highest BCUT2D eigenvalue weighted by molar-refractivity contribution is 9.09. The van der Waals surface area contributed by atoms with Gasteiger partial charge >= 0.3 is 0 Å². The predicted molar refractivity (Wildman–Crippen MR) is 88.3 cm³/mol. The van der Waals surface area contributed by atoms with Crippen LogP contribution in [0.3, 0.4) is 0 Å². The Labute approximate surface area is 130 Å². The largest absolute Gasteiger partial charge is 0.376 e. The highest BCUT2D eigenvalue weighted by Crippen LogP contribution is 2.30. The van der Waals surface area contributed by atoms with Crippen molar-refractivity contribution in [1.29, 1.82) is 0 Å². The fourth-order valence-corrected chi connectivity index (χ4v) is 3.21. The van der Waals surface area contributed by atoms with Gasteiger partial charge < -0.3 is 4.74 Å². The third-order valence-electron chi connectivity index (χ3n) is 3.81. The van der Waals surface area contributed by atoms with Crippen LogP contribution in [0.15, 0.2) is 60.7 Å². The summed E-state index contributed by atoms with van der Waals surface area (Å²) in [6.45, 7) is 3.62. The van der Waals surface area contributed by atoms with Crippen LogP contribution in [0, 0.1) is 0 Å². The van der Waals surface area contributed by atoms with Gasteiger partial charge in [-0.1, -0.05) is 83.5 Å². The molecule has 0 saturated carbocycles. The van der Waals surface area contributed by atoms with E-state index in [1.165, 1.54) is 11.1 Å². The average Bonchev–Trinajstić information content (AvgIpc) is 2.54. The molecule has 0 amide bonds. The number of hydrogen-bond acceptors (Lipinski definition) is 1. The lowest BCUT2D eigenvalue weighted by Crippen LogP contribution is -2.33. The Morgan fingerprint density at radius 2 is 1.55 bits per heavy atom. The van der Waals surface area contributed by atoms with Crippen LogP contribution in [0.25, 0.3) is 0 Å². The predicted octanol–water partition coefficient (Wildman–Crippen LogP) is 4.95. The van der Waals surface area contributed by atoms with Crippen molar-refractivity contribution in [2.75, 3.05) is 11.9 Å². The molecule has 2 aromatic rings. The van der Waals surface area contributed by atoms with E-state index in [-0.39, 0.29) is 5.41 Å². The molecule has 0 saturated heterocycles. The number of ether oxygens (including phenoxy) is 1. The molecule has 2 aromatic carbocycles. The van der Waals surface area contributed by atoms with E-state index >= 15 is 0 Å². The molecule has 1 unspecified atom stereocenters. The molecule has 1 nitrogen and oxygen atoms in total. The minimum Gasteiger partial charge on any atom is -0.376 e. The van der Waals surface area contributed by atoms with Gasteiger partial charge in [-0.15, -0.1) is 0 Å². The van der Waals surface area contributed by atoms with Crippen molar-refractivity contribution in [3.63, 3.8) is 0 Å². The first kappa shape index (κ1) is 15.3. The van der Waals surface area contributed by atoms with Crippen LogP contribution in [0.4, 0.5) is 0 Å². The number of alkyl halides is 1. The summed E-state index contributed by atoms with van der Waals surface area (Å²) < 4.78 is 5.99. The zero-order chi connectivity index (χ0) is 14.3. The van der Waals surface area contributed by atoms with Gasteiger partial charge in [0.15, 0.2) is 0 Å². The highest BCUT2D eigenvalue weighted by Gasteiger charge is 2.29. The van der Waals surface area contributed by atoms with Crippen molar-refractivity contribution in [3.8, 4) is 0 Å². The van der Waals surface area contributed by atoms with Crippen molar-refractivity contribution >= 4 is 15.9 Å². The normalized spacial score (nSPS) is 13.9. The van der Waals surface area contributed by atoms with Crippen LogP contribution in [0.5, 0.6) is 0 Å². The molecule has 2 heteroatoms. The molecule has 0 bridgehead atoms. The van der Waals surface area contributed by atoms with Gasteiger partial charge in [-0.2, -0.15) is 0 Å². The Morgan fingerprint density at radius 3 is 2.10 bits per heavy atom. The molecule has 0 aliphatic carbocycles. The summed E-state index contributed by atoms with van der Waals surface area (Å²) in [7, 11) is 0. The first-order valence-corrected chi connectivity index (χ1v) is 8.16. The number of rotatable bonds is 7. The van der Waals surface area contributed by atoms with Gasteiger partial charge in [0.2, 0.25) is 0 Å². The van der Waals surface area contributed by atoms with E-state index in [4.69, 9.17) is 4.74 Å². The zero-order valence-corrected chi connectivity index (χ0v) is 13.5. The average molecular weight is 333 g/mol. The molecule has 0 N–H and O–H groups in total. The minimum absolute atomic E-state index is 0.0516. The Bertz CT molecular complexity index is 491. The van der Waals surface area contributed by atoms with Crippen LogP contribution >= 0.6 is 15.9 Å². The molecule has 2 rings (SSSR count). The summed E-state index contributed by atoms with van der Waals surface area (Å²) in [6.07, 6.45) is 1.05. The van der Waals surface area contributed by atoms with E-state index in [0.717, 1.165) is 18.4 Å². The van der Waals surface area contributed by atoms with Gasteiger partial charge in [-0.3, -0.25) is 0 Å². The standard InChI is InChI=1S/C18H21BrO/c1-2-18(14-19,17-11-7-4-8-12-17)15-20-13-16-9-5-3-6-10-16/h3-12H,2,13-15H2,1H3. The van der Waals surface area contributed by atoms with E-state index in [9.17, 15) is 0 Å². The molecular weight excluding hydrogens is 312 g/mol. The molecule has 0 aliphatic heterocycles. The van der Waals surface area contributed by atoms with Crippen LogP contribution in [0.2, 0.25) is 0 Å². The second-order valence-corrected chi connectivity index (χ2v) is 5.67. The molecule has 0 spiro atoms. The summed E-state index contributed by atoms with van der Waals surface area (Å²) in [5, 5.41) is 0.912. The molecule has 0 aromatic heterocycles. The monoisotopic (exact) mass is 332 g/mol. The number of hydrogen-bond donors (Lipinski definition) is 0. The maximum atomic E-state index is 5.99. The zero-order valence-electron chi connectivity index (χ0n) is 11.9. The first-order chi connectivity index (χ1) is 9.80. The lowest BCUT2D eigenvalue weighted by Gasteiger charge is -2.31. The van der Waals surface area contributed by atoms with E-state index in [0.29, 0.717) is 6.61 Å². The summed E-state index contributed by atoms with van der Waals surface area (Å²) in [6, 6.07) is 21.0. The molecule has 0 aliphatic rings. The van der Waals surface area contributed by atoms with Gasteiger partial charge in [0.05, 0.1) is 13.2 Å². The molecule has 106 valence electrons. The third kappa shape index (κ3) is 3.71. The van der Waals surface area contributed by atoms with Crippen LogP contribution in [0.1, 0.15) is 24.5 Å². The van der Waals surface area contributed by atoms with Crippen LogP contribution in [-0.4, -0.2) is 11.9 Å². The Morgan fingerprint density at radius 1 is 0.950 bits per heavy atom. The Kier molecular flexibility index (Phi) is 5.81. The fourth-order valence-electron chi connectivity index (χ4n) is 2.33. The van der Waals surface area contributed by atoms with Crippen molar-refractivity contribution in [3.05, 3.63) is 71.8 Å². The van der Waals surface area contributed by atoms with Crippen molar-refractivity contribution in [2.24, 2.45) is 0 Å². The maximum Gasteiger partial charge on any atom is 0.0717 e. The molecule has 20 heavy (non-hydrogen) atoms. The van der Waals surface area contributed by atoms with Gasteiger partial charge in [-0.25, -0.2) is 0 Å². The Balaban J connectivity index is 2.03. The first-order valence-electron chi connectivity index (χ1n) is 7.04. The molecule has 1 atom stereocenters. The minimum atomic E-state index is 0.0516. The quantitative estimate of drug-likeness (QED) is 0.652. The van der Waals surface area contributed by atoms with Gasteiger partial charge in [-0.05, 0) is 17.5 Å². The van der Waals surface area contributed by atoms with Gasteiger partial charge in [0.1, 0.15) is 0 Å². The summed E-state index contributed by atoms with van der Waals surface area (Å²) in [5.74, 6) is 0. The van der Waals surface area contributed by atoms with E-state index in [1.54, 1.807) is 0 Å². The van der Waals surface area contributed by atoms with Crippen molar-refractivity contribution in [1.82, 2.24) is 0 Å². The third-order valence-corrected chi connectivity index (χ3v) is 4.88. The number of halogens is 1. The van der Waals surface area contributed by atoms with E-state index < -0.39 is 0 Å². The SMILES string of the molecule is CCC(CBr)(COCc1ccccc1)c1ccccc1. The summed E-state index contributed by atoms with van der Waals surface area (Å²) in [5.41, 5.74) is 2.61. The van der Waals surface area contributed by atoms with Crippen molar-refractivity contribution < 1.29 is 4.74 Å². The van der Waals surface area contributed by atoms with Crippen LogP contribution < -0.4 is 0 Å². The lowest BCUT2D eigenvalue weighted by molar-refractivity contribution is 0.0769. The smallest absolute Gasteiger partial charge is 0.0717 e. The molecule has 0 fully saturated rings. The molecule has 0 radical (unpaired) electrons. The van der Waals surface area contributed by atoms with E-state index in [2.05, 4.69) is 65.3 Å². The topological polar surface area (TPSA) is 9.23 Å². The highest BCUT2D eigenvalue weighted by atomic mass is 79.9. The van der Waals surface area contributed by atoms with Gasteiger partial charge in [0.25, 0.3) is 0 Å². The van der Waals surface area contributed by atoms with Crippen molar-refractivity contribution in [2.45, 2.75) is 25.4 Å². The van der Waals surface area contributed by atoms with E-state index in [1.807, 2.05) is 18.2 Å². The van der Waals surface area contributed by atoms with Crippen LogP contribution in [-0.2, 0) is 16.8 Å². The summed E-state index contributed by atoms with van der Waals surface area (Å²) >= 11 is 3.68. The second-order valence-electron chi connectivity index (χ2n) is 5.11. The second kappa shape index (κ2) is 7.61. The lowest BCUT2D eigenvalue weighted by atomic mass is 9.81. The molecular formula is C18H21BrO. The van der Waals surface area contributed by atoms with Gasteiger partial charge in [0, 0.05) is 10.7 Å². The fraction of sp³-hybridized carbons (Fsp3) is 0.333. The number of benzene rings is 2.